The fourth-order valence-electron chi connectivity index (χ4n) is 3.32. The summed E-state index contributed by atoms with van der Waals surface area (Å²) < 4.78 is 61.3. The van der Waals surface area contributed by atoms with Gasteiger partial charge in [0.2, 0.25) is 0 Å². The van der Waals surface area contributed by atoms with E-state index in [0.717, 1.165) is 24.3 Å². The predicted octanol–water partition coefficient (Wildman–Crippen LogP) is 3.58. The van der Waals surface area contributed by atoms with E-state index in [-0.39, 0.29) is 29.1 Å². The lowest BCUT2D eigenvalue weighted by Gasteiger charge is -2.33. The summed E-state index contributed by atoms with van der Waals surface area (Å²) in [6.45, 7) is 1.26. The molecule has 0 spiro atoms. The number of halogens is 4. The maximum atomic E-state index is 14.6. The van der Waals surface area contributed by atoms with E-state index in [2.05, 4.69) is 20.7 Å². The third kappa shape index (κ3) is 3.91. The van der Waals surface area contributed by atoms with E-state index in [1.54, 1.807) is 6.92 Å². The largest absolute Gasteiger partial charge is 0.382 e. The van der Waals surface area contributed by atoms with Gasteiger partial charge in [-0.2, -0.15) is 0 Å². The summed E-state index contributed by atoms with van der Waals surface area (Å²) in [7, 11) is 0. The highest BCUT2D eigenvalue weighted by molar-refractivity contribution is 5.59. The number of nitrogens with zero attached hydrogens (tertiary/aromatic N) is 5. The Morgan fingerprint density at radius 3 is 2.52 bits per heavy atom. The van der Waals surface area contributed by atoms with E-state index in [1.165, 1.54) is 23.1 Å². The van der Waals surface area contributed by atoms with Crippen molar-refractivity contribution in [2.24, 2.45) is 0 Å². The highest BCUT2D eigenvalue weighted by Crippen LogP contribution is 2.40. The SMILES string of the molecule is C[C@@H](c1cc(-c2ccc(F)c(F)c2)no1)[C@](O)(Cn1cnnn1)c1ccc(F)cc1F. The first kappa shape index (κ1) is 20.7. The molecule has 0 aliphatic rings. The molecule has 0 radical (unpaired) electrons. The zero-order valence-electron chi connectivity index (χ0n) is 16.0. The smallest absolute Gasteiger partial charge is 0.159 e. The van der Waals surface area contributed by atoms with Gasteiger partial charge in [0.05, 0.1) is 12.5 Å². The van der Waals surface area contributed by atoms with Crippen LogP contribution in [0.4, 0.5) is 17.6 Å². The van der Waals surface area contributed by atoms with Crippen LogP contribution in [0, 0.1) is 23.3 Å². The van der Waals surface area contributed by atoms with Crippen LogP contribution in [0.2, 0.25) is 0 Å². The summed E-state index contributed by atoms with van der Waals surface area (Å²) in [4.78, 5) is 0. The molecular formula is C20H15F4N5O2. The molecule has 4 rings (SSSR count). The van der Waals surface area contributed by atoms with Gasteiger partial charge in [-0.05, 0) is 34.7 Å². The van der Waals surface area contributed by atoms with Crippen molar-refractivity contribution < 1.29 is 27.2 Å². The second-order valence-corrected chi connectivity index (χ2v) is 7.02. The van der Waals surface area contributed by atoms with Crippen molar-refractivity contribution in [2.45, 2.75) is 25.0 Å². The standard InChI is InChI=1S/C20H15F4N5O2/c1-11(19-8-18(26-31-19)12-2-5-15(22)17(24)6-12)20(30,9-29-10-25-27-28-29)14-4-3-13(21)7-16(14)23/h2-8,10-11,30H,9H2,1H3/t11-,20+/m0/s1. The number of aliphatic hydroxyl groups is 1. The minimum Gasteiger partial charge on any atom is -0.382 e. The highest BCUT2D eigenvalue weighted by atomic mass is 19.2. The van der Waals surface area contributed by atoms with Gasteiger partial charge in [0, 0.05) is 23.3 Å². The van der Waals surface area contributed by atoms with Crippen LogP contribution in [0.1, 0.15) is 24.2 Å². The zero-order valence-corrected chi connectivity index (χ0v) is 16.0. The maximum absolute atomic E-state index is 14.6. The van der Waals surface area contributed by atoms with E-state index in [1.807, 2.05) is 0 Å². The summed E-state index contributed by atoms with van der Waals surface area (Å²) >= 11 is 0. The Morgan fingerprint density at radius 2 is 1.84 bits per heavy atom. The van der Waals surface area contributed by atoms with Crippen LogP contribution in [-0.2, 0) is 12.1 Å². The quantitative estimate of drug-likeness (QED) is 0.468. The maximum Gasteiger partial charge on any atom is 0.159 e. The summed E-state index contributed by atoms with van der Waals surface area (Å²) in [6, 6.07) is 7.43. The number of hydrogen-bond donors (Lipinski definition) is 1. The Bertz CT molecular complexity index is 1210. The molecule has 1 N–H and O–H groups in total. The molecule has 2 atom stereocenters. The molecule has 0 unspecified atom stereocenters. The molecular weight excluding hydrogens is 418 g/mol. The van der Waals surface area contributed by atoms with E-state index >= 15 is 0 Å². The monoisotopic (exact) mass is 433 g/mol. The topological polar surface area (TPSA) is 89.9 Å². The fraction of sp³-hybridized carbons (Fsp3) is 0.200. The van der Waals surface area contributed by atoms with Gasteiger partial charge >= 0.3 is 0 Å². The zero-order chi connectivity index (χ0) is 22.2. The second-order valence-electron chi connectivity index (χ2n) is 7.02. The van der Waals surface area contributed by atoms with Crippen molar-refractivity contribution in [2.75, 3.05) is 0 Å². The van der Waals surface area contributed by atoms with Crippen molar-refractivity contribution in [1.29, 1.82) is 0 Å². The van der Waals surface area contributed by atoms with Gasteiger partial charge < -0.3 is 9.63 Å². The van der Waals surface area contributed by atoms with E-state index < -0.39 is 34.8 Å². The van der Waals surface area contributed by atoms with Gasteiger partial charge in [-0.1, -0.05) is 18.1 Å². The van der Waals surface area contributed by atoms with Crippen molar-refractivity contribution in [3.8, 4) is 11.3 Å². The Labute approximate surface area is 172 Å². The van der Waals surface area contributed by atoms with Crippen LogP contribution in [0.3, 0.4) is 0 Å². The molecule has 0 amide bonds. The van der Waals surface area contributed by atoms with Gasteiger partial charge in [0.25, 0.3) is 0 Å². The molecule has 2 heterocycles. The third-order valence-corrected chi connectivity index (χ3v) is 5.08. The Hall–Kier alpha value is -3.60. The van der Waals surface area contributed by atoms with Crippen molar-refractivity contribution in [1.82, 2.24) is 25.4 Å². The van der Waals surface area contributed by atoms with Crippen LogP contribution in [-0.4, -0.2) is 30.5 Å². The normalized spacial score (nSPS) is 14.4. The Balaban J connectivity index is 1.75. The first-order valence-electron chi connectivity index (χ1n) is 9.08. The number of rotatable bonds is 6. The molecule has 0 bridgehead atoms. The number of tetrazole rings is 1. The molecule has 0 aliphatic heterocycles. The highest BCUT2D eigenvalue weighted by Gasteiger charge is 2.42. The molecule has 2 aromatic heterocycles. The second kappa shape index (κ2) is 7.91. The average molecular weight is 433 g/mol. The van der Waals surface area contributed by atoms with Gasteiger partial charge in [0.1, 0.15) is 35.0 Å². The Kier molecular flexibility index (Phi) is 5.27. The summed E-state index contributed by atoms with van der Waals surface area (Å²) in [6.07, 6.45) is 1.23. The van der Waals surface area contributed by atoms with E-state index in [4.69, 9.17) is 4.52 Å². The number of hydrogen-bond acceptors (Lipinski definition) is 6. The van der Waals surface area contributed by atoms with Crippen LogP contribution >= 0.6 is 0 Å². The molecule has 31 heavy (non-hydrogen) atoms. The number of benzene rings is 2. The third-order valence-electron chi connectivity index (χ3n) is 5.08. The molecule has 160 valence electrons. The van der Waals surface area contributed by atoms with Crippen LogP contribution < -0.4 is 0 Å². The summed E-state index contributed by atoms with van der Waals surface area (Å²) in [5.41, 5.74) is -1.75. The Morgan fingerprint density at radius 1 is 1.03 bits per heavy atom. The molecule has 0 fully saturated rings. The fourth-order valence-corrected chi connectivity index (χ4v) is 3.32. The van der Waals surface area contributed by atoms with Crippen LogP contribution in [0.15, 0.2) is 53.3 Å². The average Bonchev–Trinajstić information content (AvgIpc) is 3.41. The lowest BCUT2D eigenvalue weighted by molar-refractivity contribution is -0.0185. The molecule has 0 aliphatic carbocycles. The predicted molar refractivity (Wildman–Crippen MR) is 98.3 cm³/mol. The van der Waals surface area contributed by atoms with Crippen molar-refractivity contribution >= 4 is 0 Å². The summed E-state index contributed by atoms with van der Waals surface area (Å²) in [5, 5.41) is 26.1. The van der Waals surface area contributed by atoms with Gasteiger partial charge in [-0.15, -0.1) is 5.10 Å². The first-order chi connectivity index (χ1) is 14.8. The number of aromatic nitrogens is 5. The molecule has 0 saturated heterocycles. The van der Waals surface area contributed by atoms with Gasteiger partial charge in [0.15, 0.2) is 11.6 Å². The molecule has 2 aromatic carbocycles. The lowest BCUT2D eigenvalue weighted by Crippen LogP contribution is -2.38. The molecule has 0 saturated carbocycles. The molecule has 11 heteroatoms. The van der Waals surface area contributed by atoms with E-state index in [0.29, 0.717) is 6.07 Å². The first-order valence-corrected chi connectivity index (χ1v) is 9.08. The summed E-state index contributed by atoms with van der Waals surface area (Å²) in [5.74, 6) is -4.65. The lowest BCUT2D eigenvalue weighted by atomic mass is 9.80. The van der Waals surface area contributed by atoms with Crippen LogP contribution in [0.5, 0.6) is 0 Å². The minimum atomic E-state index is -1.97. The van der Waals surface area contributed by atoms with Crippen molar-refractivity contribution in [3.05, 3.63) is 83.4 Å². The van der Waals surface area contributed by atoms with Gasteiger partial charge in [-0.25, -0.2) is 22.2 Å². The minimum absolute atomic E-state index is 0.124. The van der Waals surface area contributed by atoms with Crippen molar-refractivity contribution in [3.63, 3.8) is 0 Å². The molecule has 4 aromatic rings. The van der Waals surface area contributed by atoms with Crippen LogP contribution in [0.25, 0.3) is 11.3 Å². The van der Waals surface area contributed by atoms with Gasteiger partial charge in [-0.3, -0.25) is 0 Å². The van der Waals surface area contributed by atoms with E-state index in [9.17, 15) is 22.7 Å². The molecule has 7 nitrogen and oxygen atoms in total.